The van der Waals surface area contributed by atoms with Crippen molar-refractivity contribution in [3.05, 3.63) is 71.4 Å². The van der Waals surface area contributed by atoms with E-state index in [1.54, 1.807) is 6.92 Å². The van der Waals surface area contributed by atoms with Crippen LogP contribution < -0.4 is 9.64 Å². The topological polar surface area (TPSA) is 55.8 Å². The minimum atomic E-state index is -0.540. The number of benzene rings is 2. The molecule has 0 fully saturated rings. The maximum absolute atomic E-state index is 13.6. The van der Waals surface area contributed by atoms with Gasteiger partial charge in [0.15, 0.2) is 5.75 Å². The fraction of sp³-hybridized carbons (Fsp3) is 0.200. The fourth-order valence-electron chi connectivity index (χ4n) is 3.36. The molecule has 0 aromatic heterocycles. The molecule has 1 amide bonds. The predicted molar refractivity (Wildman–Crippen MR) is 92.0 cm³/mol. The molecule has 2 heterocycles. The van der Waals surface area contributed by atoms with E-state index in [9.17, 15) is 14.0 Å². The second-order valence-corrected chi connectivity index (χ2v) is 6.05. The number of fused-ring (bicyclic) bond motifs is 3. The van der Waals surface area contributed by atoms with Crippen LogP contribution >= 0.6 is 0 Å². The SMILES string of the molecule is CCOC(=O)C1=C2Oc3cc(F)ccc3N2C(=O)C[C@@H]1c1ccccc1. The Balaban J connectivity index is 1.89. The standard InChI is InChI=1S/C20H16FNO4/c1-2-25-20(24)18-14(12-6-4-3-5-7-12)11-17(23)22-15-9-8-13(21)10-16(15)26-19(18)22/h3-10,14H,2,11H2,1H3/t14-/m1/s1. The molecule has 0 unspecified atom stereocenters. The average molecular weight is 353 g/mol. The van der Waals surface area contributed by atoms with Crippen LogP contribution in [0.4, 0.5) is 10.1 Å². The van der Waals surface area contributed by atoms with Gasteiger partial charge in [-0.05, 0) is 24.6 Å². The number of anilines is 1. The third-order valence-corrected chi connectivity index (χ3v) is 4.48. The minimum absolute atomic E-state index is 0.0990. The number of rotatable bonds is 3. The molecule has 2 aliphatic rings. The second-order valence-electron chi connectivity index (χ2n) is 6.05. The lowest BCUT2D eigenvalue weighted by Gasteiger charge is -2.30. The van der Waals surface area contributed by atoms with Gasteiger partial charge in [0.1, 0.15) is 11.4 Å². The third kappa shape index (κ3) is 2.54. The highest BCUT2D eigenvalue weighted by atomic mass is 19.1. The van der Waals surface area contributed by atoms with Crippen LogP contribution in [0.3, 0.4) is 0 Å². The molecule has 0 saturated carbocycles. The van der Waals surface area contributed by atoms with Gasteiger partial charge in [-0.3, -0.25) is 4.79 Å². The average Bonchev–Trinajstić information content (AvgIpc) is 3.01. The summed E-state index contributed by atoms with van der Waals surface area (Å²) < 4.78 is 24.5. The molecule has 0 N–H and O–H groups in total. The van der Waals surface area contributed by atoms with Crippen LogP contribution in [-0.2, 0) is 14.3 Å². The summed E-state index contributed by atoms with van der Waals surface area (Å²) in [6.07, 6.45) is 0.0990. The Bertz CT molecular complexity index is 923. The lowest BCUT2D eigenvalue weighted by Crippen LogP contribution is -2.38. The quantitative estimate of drug-likeness (QED) is 0.793. The van der Waals surface area contributed by atoms with Gasteiger partial charge in [-0.2, -0.15) is 0 Å². The van der Waals surface area contributed by atoms with Gasteiger partial charge >= 0.3 is 5.97 Å². The van der Waals surface area contributed by atoms with Crippen molar-refractivity contribution in [2.24, 2.45) is 0 Å². The molecule has 0 bridgehead atoms. The molecule has 0 radical (unpaired) electrons. The summed E-state index contributed by atoms with van der Waals surface area (Å²) in [5.41, 5.74) is 1.52. The number of halogens is 1. The molecule has 4 rings (SSSR count). The molecule has 2 aliphatic heterocycles. The zero-order valence-corrected chi connectivity index (χ0v) is 14.1. The molecule has 0 aliphatic carbocycles. The van der Waals surface area contributed by atoms with Crippen LogP contribution in [0.2, 0.25) is 0 Å². The summed E-state index contributed by atoms with van der Waals surface area (Å²) in [6.45, 7) is 1.92. The Morgan fingerprint density at radius 1 is 1.27 bits per heavy atom. The first-order valence-corrected chi connectivity index (χ1v) is 8.36. The summed E-state index contributed by atoms with van der Waals surface area (Å²) in [5, 5.41) is 0. The van der Waals surface area contributed by atoms with E-state index in [1.165, 1.54) is 23.1 Å². The van der Waals surface area contributed by atoms with E-state index in [0.29, 0.717) is 5.69 Å². The summed E-state index contributed by atoms with van der Waals surface area (Å²) in [7, 11) is 0. The van der Waals surface area contributed by atoms with Gasteiger partial charge in [-0.1, -0.05) is 30.3 Å². The van der Waals surface area contributed by atoms with Crippen molar-refractivity contribution in [2.45, 2.75) is 19.3 Å². The monoisotopic (exact) mass is 353 g/mol. The van der Waals surface area contributed by atoms with Crippen LogP contribution in [0.5, 0.6) is 5.75 Å². The Morgan fingerprint density at radius 2 is 2.04 bits per heavy atom. The Labute approximate surface area is 149 Å². The maximum Gasteiger partial charge on any atom is 0.340 e. The highest BCUT2D eigenvalue weighted by Gasteiger charge is 2.44. The van der Waals surface area contributed by atoms with E-state index in [-0.39, 0.29) is 36.1 Å². The zero-order valence-electron chi connectivity index (χ0n) is 14.1. The third-order valence-electron chi connectivity index (χ3n) is 4.48. The number of hydrogen-bond donors (Lipinski definition) is 0. The van der Waals surface area contributed by atoms with Crippen molar-refractivity contribution in [2.75, 3.05) is 11.5 Å². The second kappa shape index (κ2) is 6.29. The number of hydrogen-bond acceptors (Lipinski definition) is 4. The van der Waals surface area contributed by atoms with Crippen molar-refractivity contribution in [1.29, 1.82) is 0 Å². The molecule has 6 heteroatoms. The number of carbonyl (C=O) groups excluding carboxylic acids is 2. The summed E-state index contributed by atoms with van der Waals surface area (Å²) in [5.74, 6) is -1.39. The lowest BCUT2D eigenvalue weighted by atomic mass is 9.85. The van der Waals surface area contributed by atoms with Gasteiger partial charge in [0, 0.05) is 18.4 Å². The number of ether oxygens (including phenoxy) is 2. The highest BCUT2D eigenvalue weighted by molar-refractivity contribution is 6.06. The molecule has 132 valence electrons. The van der Waals surface area contributed by atoms with Crippen LogP contribution in [0.25, 0.3) is 0 Å². The van der Waals surface area contributed by atoms with E-state index in [4.69, 9.17) is 9.47 Å². The molecular formula is C20H16FNO4. The number of esters is 1. The van der Waals surface area contributed by atoms with Crippen molar-refractivity contribution < 1.29 is 23.5 Å². The normalized spacial score (nSPS) is 18.3. The highest BCUT2D eigenvalue weighted by Crippen LogP contribution is 2.47. The largest absolute Gasteiger partial charge is 0.462 e. The summed E-state index contributed by atoms with van der Waals surface area (Å²) >= 11 is 0. The van der Waals surface area contributed by atoms with Crippen molar-refractivity contribution in [3.8, 4) is 5.75 Å². The minimum Gasteiger partial charge on any atom is -0.462 e. The van der Waals surface area contributed by atoms with Crippen LogP contribution in [-0.4, -0.2) is 18.5 Å². The van der Waals surface area contributed by atoms with E-state index < -0.39 is 17.7 Å². The van der Waals surface area contributed by atoms with Gasteiger partial charge in [0.25, 0.3) is 0 Å². The molecule has 2 aromatic rings. The number of carbonyl (C=O) groups is 2. The lowest BCUT2D eigenvalue weighted by molar-refractivity contribution is -0.139. The number of nitrogens with zero attached hydrogens (tertiary/aromatic N) is 1. The fourth-order valence-corrected chi connectivity index (χ4v) is 3.36. The smallest absolute Gasteiger partial charge is 0.340 e. The van der Waals surface area contributed by atoms with E-state index in [1.807, 2.05) is 30.3 Å². The van der Waals surface area contributed by atoms with Crippen LogP contribution in [0, 0.1) is 5.82 Å². The maximum atomic E-state index is 13.6. The first-order valence-electron chi connectivity index (χ1n) is 8.36. The van der Waals surface area contributed by atoms with Crippen molar-refractivity contribution in [3.63, 3.8) is 0 Å². The van der Waals surface area contributed by atoms with E-state index in [2.05, 4.69) is 0 Å². The molecule has 26 heavy (non-hydrogen) atoms. The molecule has 0 spiro atoms. The van der Waals surface area contributed by atoms with Crippen molar-refractivity contribution >= 4 is 17.6 Å². The van der Waals surface area contributed by atoms with E-state index in [0.717, 1.165) is 5.56 Å². The van der Waals surface area contributed by atoms with Gasteiger partial charge in [0.05, 0.1) is 12.3 Å². The zero-order chi connectivity index (χ0) is 18.3. The van der Waals surface area contributed by atoms with Gasteiger partial charge < -0.3 is 9.47 Å². The Morgan fingerprint density at radius 3 is 2.77 bits per heavy atom. The first kappa shape index (κ1) is 16.3. The molecule has 1 atom stereocenters. The molecule has 2 aromatic carbocycles. The van der Waals surface area contributed by atoms with Crippen molar-refractivity contribution in [1.82, 2.24) is 0 Å². The summed E-state index contributed by atoms with van der Waals surface area (Å²) in [6, 6.07) is 13.2. The molecular weight excluding hydrogens is 337 g/mol. The Kier molecular flexibility index (Phi) is 3.95. The van der Waals surface area contributed by atoms with Gasteiger partial charge in [-0.15, -0.1) is 0 Å². The summed E-state index contributed by atoms with van der Waals surface area (Å²) in [4.78, 5) is 26.8. The van der Waals surface area contributed by atoms with Gasteiger partial charge in [0.2, 0.25) is 11.8 Å². The first-order chi connectivity index (χ1) is 12.6. The van der Waals surface area contributed by atoms with E-state index >= 15 is 0 Å². The number of amides is 1. The molecule has 0 saturated heterocycles. The predicted octanol–water partition coefficient (Wildman–Crippen LogP) is 3.51. The molecule has 5 nitrogen and oxygen atoms in total. The van der Waals surface area contributed by atoms with Gasteiger partial charge in [-0.25, -0.2) is 14.1 Å². The van der Waals surface area contributed by atoms with Crippen LogP contribution in [0.15, 0.2) is 60.0 Å². The Hall–Kier alpha value is -3.15. The van der Waals surface area contributed by atoms with Crippen LogP contribution in [0.1, 0.15) is 24.8 Å².